The molecule has 2 fully saturated rings. The molecule has 0 unspecified atom stereocenters. The maximum absolute atomic E-state index is 12.8. The van der Waals surface area contributed by atoms with Crippen molar-refractivity contribution in [3.8, 4) is 0 Å². The smallest absolute Gasteiger partial charge is 0.254 e. The van der Waals surface area contributed by atoms with Gasteiger partial charge in [0.2, 0.25) is 0 Å². The predicted octanol–water partition coefficient (Wildman–Crippen LogP) is 4.54. The largest absolute Gasteiger partial charge is 0.349 e. The minimum absolute atomic E-state index is 0.0716. The van der Waals surface area contributed by atoms with E-state index >= 15 is 0 Å². The summed E-state index contributed by atoms with van der Waals surface area (Å²) in [6.07, 6.45) is 11.1. The van der Waals surface area contributed by atoms with Crippen LogP contribution < -0.4 is 5.32 Å². The number of amides is 1. The Hall–Kier alpha value is -2.14. The number of likely N-dealkylation sites (tertiary alicyclic amines) is 1. The van der Waals surface area contributed by atoms with Crippen molar-refractivity contribution in [1.29, 1.82) is 0 Å². The molecule has 5 heteroatoms. The number of aromatic nitrogens is 2. The Morgan fingerprint density at radius 2 is 1.84 bits per heavy atom. The lowest BCUT2D eigenvalue weighted by Crippen LogP contribution is -2.36. The molecule has 0 spiro atoms. The van der Waals surface area contributed by atoms with Crippen LogP contribution in [0.1, 0.15) is 79.4 Å². The summed E-state index contributed by atoms with van der Waals surface area (Å²) in [4.78, 5) is 15.4. The molecule has 1 amide bonds. The van der Waals surface area contributed by atoms with E-state index in [1.165, 1.54) is 44.2 Å². The number of rotatable bonds is 8. The zero-order valence-electron chi connectivity index (χ0n) is 19.2. The first-order valence-corrected chi connectivity index (χ1v) is 12.2. The summed E-state index contributed by atoms with van der Waals surface area (Å²) in [6.45, 7) is 5.81. The van der Waals surface area contributed by atoms with Crippen LogP contribution in [0, 0.1) is 5.92 Å². The van der Waals surface area contributed by atoms with E-state index in [0.717, 1.165) is 43.6 Å². The highest BCUT2D eigenvalue weighted by Crippen LogP contribution is 2.25. The fraction of sp³-hybridized carbons (Fsp3) is 0.615. The standard InChI is InChI=1S/C26H38N4O/c1-20(22-8-4-3-5-9-22)12-15-30-16-13-21(14-17-30)18-25-24(19-29(2)28-25)26(31)27-23-10-6-7-11-23/h3-5,8-9,19-21,23H,6-7,10-18H2,1-2H3,(H,27,31)/t20-/m1/s1. The zero-order chi connectivity index (χ0) is 21.6. The van der Waals surface area contributed by atoms with E-state index in [-0.39, 0.29) is 5.91 Å². The summed E-state index contributed by atoms with van der Waals surface area (Å²) in [5.74, 6) is 1.30. The molecule has 2 aromatic rings. The van der Waals surface area contributed by atoms with Crippen LogP contribution in [0.25, 0.3) is 0 Å². The fourth-order valence-corrected chi connectivity index (χ4v) is 5.22. The van der Waals surface area contributed by atoms with Gasteiger partial charge in [-0.15, -0.1) is 0 Å². The Morgan fingerprint density at radius 3 is 2.55 bits per heavy atom. The Balaban J connectivity index is 1.25. The van der Waals surface area contributed by atoms with Crippen molar-refractivity contribution in [2.75, 3.05) is 19.6 Å². The average molecular weight is 423 g/mol. The Labute approximate surface area is 187 Å². The molecule has 0 bridgehead atoms. The highest BCUT2D eigenvalue weighted by molar-refractivity contribution is 5.95. The van der Waals surface area contributed by atoms with E-state index < -0.39 is 0 Å². The molecular formula is C26H38N4O. The number of carbonyl (C=O) groups is 1. The second-order valence-electron chi connectivity index (χ2n) is 9.71. The highest BCUT2D eigenvalue weighted by atomic mass is 16.1. The van der Waals surface area contributed by atoms with Gasteiger partial charge in [-0.1, -0.05) is 50.1 Å². The minimum Gasteiger partial charge on any atom is -0.349 e. The van der Waals surface area contributed by atoms with Crippen molar-refractivity contribution in [3.05, 3.63) is 53.3 Å². The summed E-state index contributed by atoms with van der Waals surface area (Å²) < 4.78 is 1.80. The van der Waals surface area contributed by atoms with Crippen LogP contribution in [0.4, 0.5) is 0 Å². The van der Waals surface area contributed by atoms with Crippen molar-refractivity contribution < 1.29 is 4.79 Å². The topological polar surface area (TPSA) is 50.2 Å². The lowest BCUT2D eigenvalue weighted by Gasteiger charge is -2.32. The van der Waals surface area contributed by atoms with E-state index in [9.17, 15) is 4.79 Å². The van der Waals surface area contributed by atoms with Gasteiger partial charge < -0.3 is 10.2 Å². The molecular weight excluding hydrogens is 384 g/mol. The maximum atomic E-state index is 12.8. The van der Waals surface area contributed by atoms with Gasteiger partial charge in [0.25, 0.3) is 5.91 Å². The van der Waals surface area contributed by atoms with Crippen molar-refractivity contribution in [2.45, 2.75) is 70.3 Å². The number of aryl methyl sites for hydroxylation is 1. The normalized spacial score (nSPS) is 19.5. The van der Waals surface area contributed by atoms with Gasteiger partial charge in [-0.2, -0.15) is 5.10 Å². The third kappa shape index (κ3) is 5.97. The van der Waals surface area contributed by atoms with E-state index in [4.69, 9.17) is 0 Å². The Morgan fingerprint density at radius 1 is 1.13 bits per heavy atom. The fourth-order valence-electron chi connectivity index (χ4n) is 5.22. The van der Waals surface area contributed by atoms with Gasteiger partial charge in [0.05, 0.1) is 11.3 Å². The van der Waals surface area contributed by atoms with Gasteiger partial charge in [-0.3, -0.25) is 9.48 Å². The van der Waals surface area contributed by atoms with Gasteiger partial charge in [-0.05, 0) is 75.6 Å². The quantitative estimate of drug-likeness (QED) is 0.679. The molecule has 5 nitrogen and oxygen atoms in total. The summed E-state index contributed by atoms with van der Waals surface area (Å²) in [5, 5.41) is 7.89. The van der Waals surface area contributed by atoms with Crippen LogP contribution in [0.2, 0.25) is 0 Å². The third-order valence-corrected chi connectivity index (χ3v) is 7.28. The molecule has 1 aliphatic carbocycles. The number of nitrogens with one attached hydrogen (secondary N) is 1. The summed E-state index contributed by atoms with van der Waals surface area (Å²) in [7, 11) is 1.92. The summed E-state index contributed by atoms with van der Waals surface area (Å²) in [6, 6.07) is 11.2. The lowest BCUT2D eigenvalue weighted by molar-refractivity contribution is 0.0936. The average Bonchev–Trinajstić information content (AvgIpc) is 3.43. The van der Waals surface area contributed by atoms with Gasteiger partial charge in [0, 0.05) is 19.3 Å². The van der Waals surface area contributed by atoms with Gasteiger partial charge in [0.1, 0.15) is 0 Å². The maximum Gasteiger partial charge on any atom is 0.254 e. The molecule has 1 aliphatic heterocycles. The van der Waals surface area contributed by atoms with E-state index in [1.807, 2.05) is 13.2 Å². The molecule has 1 saturated heterocycles. The number of benzene rings is 1. The molecule has 1 N–H and O–H groups in total. The molecule has 2 heterocycles. The van der Waals surface area contributed by atoms with Crippen molar-refractivity contribution in [3.63, 3.8) is 0 Å². The van der Waals surface area contributed by atoms with Crippen molar-refractivity contribution in [2.24, 2.45) is 13.0 Å². The third-order valence-electron chi connectivity index (χ3n) is 7.28. The number of hydrogen-bond donors (Lipinski definition) is 1. The zero-order valence-corrected chi connectivity index (χ0v) is 19.2. The van der Waals surface area contributed by atoms with Crippen LogP contribution in [0.5, 0.6) is 0 Å². The lowest BCUT2D eigenvalue weighted by atomic mass is 9.90. The summed E-state index contributed by atoms with van der Waals surface area (Å²) >= 11 is 0. The van der Waals surface area contributed by atoms with Crippen molar-refractivity contribution >= 4 is 5.91 Å². The predicted molar refractivity (Wildman–Crippen MR) is 125 cm³/mol. The summed E-state index contributed by atoms with van der Waals surface area (Å²) in [5.41, 5.74) is 3.21. The monoisotopic (exact) mass is 422 g/mol. The van der Waals surface area contributed by atoms with E-state index in [2.05, 4.69) is 52.6 Å². The van der Waals surface area contributed by atoms with Crippen LogP contribution in [0.15, 0.2) is 36.5 Å². The Bertz CT molecular complexity index is 832. The number of carbonyl (C=O) groups excluding carboxylic acids is 1. The molecule has 1 saturated carbocycles. The second kappa shape index (κ2) is 10.4. The van der Waals surface area contributed by atoms with Crippen LogP contribution in [-0.2, 0) is 13.5 Å². The SMILES string of the molecule is C[C@H](CCN1CCC(Cc2nn(C)cc2C(=O)NC2CCCC2)CC1)c1ccccc1. The molecule has 1 aromatic heterocycles. The van der Waals surface area contributed by atoms with Crippen LogP contribution in [-0.4, -0.2) is 46.3 Å². The van der Waals surface area contributed by atoms with Gasteiger partial charge in [-0.25, -0.2) is 0 Å². The van der Waals surface area contributed by atoms with Crippen LogP contribution >= 0.6 is 0 Å². The van der Waals surface area contributed by atoms with Gasteiger partial charge in [0.15, 0.2) is 0 Å². The van der Waals surface area contributed by atoms with Gasteiger partial charge >= 0.3 is 0 Å². The molecule has 168 valence electrons. The molecule has 1 aromatic carbocycles. The molecule has 0 radical (unpaired) electrons. The highest BCUT2D eigenvalue weighted by Gasteiger charge is 2.25. The van der Waals surface area contributed by atoms with Crippen LogP contribution in [0.3, 0.4) is 0 Å². The Kier molecular flexibility index (Phi) is 7.44. The number of piperidine rings is 1. The van der Waals surface area contributed by atoms with Crippen molar-refractivity contribution in [1.82, 2.24) is 20.0 Å². The minimum atomic E-state index is 0.0716. The molecule has 4 rings (SSSR count). The molecule has 1 atom stereocenters. The van der Waals surface area contributed by atoms with E-state index in [1.54, 1.807) is 4.68 Å². The second-order valence-corrected chi connectivity index (χ2v) is 9.71. The number of nitrogens with zero attached hydrogens (tertiary/aromatic N) is 3. The first-order valence-electron chi connectivity index (χ1n) is 12.2. The first-order chi connectivity index (χ1) is 15.1. The molecule has 31 heavy (non-hydrogen) atoms. The number of hydrogen-bond acceptors (Lipinski definition) is 3. The van der Waals surface area contributed by atoms with E-state index in [0.29, 0.717) is 17.9 Å². The first kappa shape index (κ1) is 22.1. The molecule has 2 aliphatic rings.